The van der Waals surface area contributed by atoms with Crippen molar-refractivity contribution < 1.29 is 18.3 Å². The van der Waals surface area contributed by atoms with Crippen molar-refractivity contribution in [2.45, 2.75) is 65.2 Å². The first-order chi connectivity index (χ1) is 8.29. The molecule has 18 heavy (non-hydrogen) atoms. The van der Waals surface area contributed by atoms with Gasteiger partial charge in [-0.1, -0.05) is 40.0 Å². The van der Waals surface area contributed by atoms with Gasteiger partial charge in [0.25, 0.3) is 0 Å². The van der Waals surface area contributed by atoms with Crippen LogP contribution in [-0.2, 0) is 0 Å². The maximum absolute atomic E-state index is 12.7. The fourth-order valence-corrected chi connectivity index (χ4v) is 3.56. The Hall–Kier alpha value is -0.250. The van der Waals surface area contributed by atoms with Crippen molar-refractivity contribution in [1.82, 2.24) is 0 Å². The number of aliphatic hydroxyl groups excluding tert-OH is 1. The van der Waals surface area contributed by atoms with Crippen LogP contribution >= 0.6 is 0 Å². The molecule has 0 aromatic rings. The van der Waals surface area contributed by atoms with Crippen LogP contribution in [0.3, 0.4) is 0 Å². The Labute approximate surface area is 108 Å². The number of hydrogen-bond donors (Lipinski definition) is 1. The zero-order valence-corrected chi connectivity index (χ0v) is 11.5. The molecular weight excluding hydrogens is 241 g/mol. The van der Waals surface area contributed by atoms with Gasteiger partial charge in [-0.3, -0.25) is 0 Å². The molecule has 1 nitrogen and oxygen atoms in total. The molecule has 1 aliphatic rings. The largest absolute Gasteiger partial charge is 0.414 e. The first-order valence-corrected chi connectivity index (χ1v) is 7.03. The van der Waals surface area contributed by atoms with Crippen LogP contribution in [-0.4, -0.2) is 17.4 Å². The van der Waals surface area contributed by atoms with Crippen molar-refractivity contribution in [2.75, 3.05) is 0 Å². The number of hydrogen-bond acceptors (Lipinski definition) is 1. The predicted molar refractivity (Wildman–Crippen MR) is 66.1 cm³/mol. The van der Waals surface area contributed by atoms with Crippen LogP contribution in [0.5, 0.6) is 0 Å². The third-order valence-corrected chi connectivity index (χ3v) is 4.39. The number of halogens is 3. The molecule has 0 radical (unpaired) electrons. The molecule has 4 heteroatoms. The minimum atomic E-state index is -4.48. The summed E-state index contributed by atoms with van der Waals surface area (Å²) in [7, 11) is 0. The van der Waals surface area contributed by atoms with Crippen LogP contribution in [0.25, 0.3) is 0 Å². The highest BCUT2D eigenvalue weighted by atomic mass is 19.4. The van der Waals surface area contributed by atoms with Crippen LogP contribution in [0.4, 0.5) is 13.2 Å². The molecule has 108 valence electrons. The van der Waals surface area contributed by atoms with Crippen molar-refractivity contribution in [3.05, 3.63) is 0 Å². The van der Waals surface area contributed by atoms with Gasteiger partial charge in [-0.05, 0) is 36.5 Å². The lowest BCUT2D eigenvalue weighted by molar-refractivity contribution is -0.231. The fourth-order valence-electron chi connectivity index (χ4n) is 3.56. The summed E-state index contributed by atoms with van der Waals surface area (Å²) < 4.78 is 38.2. The Morgan fingerprint density at radius 1 is 1.17 bits per heavy atom. The van der Waals surface area contributed by atoms with Gasteiger partial charge in [0.05, 0.1) is 0 Å². The van der Waals surface area contributed by atoms with E-state index in [4.69, 9.17) is 0 Å². The standard InChI is InChI=1S/C14H25F3O/c1-4-6-11-10(9(2)3)7-5-8-12(11)13(18)14(15,16)17/h9-13,18H,4-8H2,1-3H3/t10?,11?,12?,13-/m0/s1. The molecule has 1 aliphatic carbocycles. The molecule has 4 atom stereocenters. The lowest BCUT2D eigenvalue weighted by atomic mass is 9.64. The number of rotatable bonds is 4. The summed E-state index contributed by atoms with van der Waals surface area (Å²) in [5, 5.41) is 9.58. The molecule has 1 N–H and O–H groups in total. The van der Waals surface area contributed by atoms with Crippen molar-refractivity contribution in [3.63, 3.8) is 0 Å². The van der Waals surface area contributed by atoms with E-state index in [1.165, 1.54) is 0 Å². The number of aliphatic hydroxyl groups is 1. The summed E-state index contributed by atoms with van der Waals surface area (Å²) in [6.07, 6.45) is -2.63. The number of alkyl halides is 3. The van der Waals surface area contributed by atoms with Crippen molar-refractivity contribution >= 4 is 0 Å². The van der Waals surface area contributed by atoms with E-state index in [2.05, 4.69) is 13.8 Å². The van der Waals surface area contributed by atoms with Gasteiger partial charge in [0.2, 0.25) is 0 Å². The Morgan fingerprint density at radius 2 is 1.72 bits per heavy atom. The van der Waals surface area contributed by atoms with Gasteiger partial charge >= 0.3 is 6.18 Å². The van der Waals surface area contributed by atoms with Gasteiger partial charge < -0.3 is 5.11 Å². The Bertz CT molecular complexity index is 244. The van der Waals surface area contributed by atoms with Crippen molar-refractivity contribution in [1.29, 1.82) is 0 Å². The molecule has 0 bridgehead atoms. The van der Waals surface area contributed by atoms with Gasteiger partial charge in [0.15, 0.2) is 6.10 Å². The van der Waals surface area contributed by atoms with Crippen molar-refractivity contribution in [3.8, 4) is 0 Å². The molecule has 0 heterocycles. The first kappa shape index (κ1) is 15.8. The Morgan fingerprint density at radius 3 is 2.17 bits per heavy atom. The second-order valence-corrected chi connectivity index (χ2v) is 5.94. The summed E-state index contributed by atoms with van der Waals surface area (Å²) in [6, 6.07) is 0. The molecular formula is C14H25F3O. The molecule has 0 aromatic heterocycles. The maximum Gasteiger partial charge on any atom is 0.414 e. The van der Waals surface area contributed by atoms with E-state index < -0.39 is 18.2 Å². The van der Waals surface area contributed by atoms with E-state index in [9.17, 15) is 18.3 Å². The summed E-state index contributed by atoms with van der Waals surface area (Å²) in [6.45, 7) is 6.16. The predicted octanol–water partition coefficient (Wildman–Crippen LogP) is 4.40. The van der Waals surface area contributed by atoms with Gasteiger partial charge in [-0.15, -0.1) is 0 Å². The molecule has 1 rings (SSSR count). The molecule has 0 aliphatic heterocycles. The van der Waals surface area contributed by atoms with E-state index in [0.717, 1.165) is 25.7 Å². The summed E-state index contributed by atoms with van der Waals surface area (Å²) in [4.78, 5) is 0. The van der Waals surface area contributed by atoms with Gasteiger partial charge in [0.1, 0.15) is 0 Å². The Balaban J connectivity index is 2.86. The molecule has 3 unspecified atom stereocenters. The van der Waals surface area contributed by atoms with E-state index in [0.29, 0.717) is 18.3 Å². The lowest BCUT2D eigenvalue weighted by Gasteiger charge is -2.42. The second-order valence-electron chi connectivity index (χ2n) is 5.94. The maximum atomic E-state index is 12.7. The lowest BCUT2D eigenvalue weighted by Crippen LogP contribution is -2.44. The van der Waals surface area contributed by atoms with Crippen LogP contribution < -0.4 is 0 Å². The van der Waals surface area contributed by atoms with Crippen LogP contribution in [0, 0.1) is 23.7 Å². The molecule has 0 saturated heterocycles. The third-order valence-electron chi connectivity index (χ3n) is 4.39. The van der Waals surface area contributed by atoms with Gasteiger partial charge in [-0.2, -0.15) is 13.2 Å². The summed E-state index contributed by atoms with van der Waals surface area (Å²) in [5.41, 5.74) is 0. The second kappa shape index (κ2) is 6.27. The normalized spacial score (nSPS) is 31.7. The highest BCUT2D eigenvalue weighted by molar-refractivity contribution is 4.89. The highest BCUT2D eigenvalue weighted by Crippen LogP contribution is 2.45. The van der Waals surface area contributed by atoms with E-state index in [-0.39, 0.29) is 5.92 Å². The molecule has 1 fully saturated rings. The zero-order valence-electron chi connectivity index (χ0n) is 11.5. The highest BCUT2D eigenvalue weighted by Gasteiger charge is 2.48. The molecule has 1 saturated carbocycles. The fraction of sp³-hybridized carbons (Fsp3) is 1.00. The average Bonchev–Trinajstić information content (AvgIpc) is 2.27. The van der Waals surface area contributed by atoms with Gasteiger partial charge in [0, 0.05) is 0 Å². The zero-order chi connectivity index (χ0) is 13.9. The van der Waals surface area contributed by atoms with Crippen LogP contribution in [0.15, 0.2) is 0 Å². The topological polar surface area (TPSA) is 20.2 Å². The van der Waals surface area contributed by atoms with E-state index in [1.54, 1.807) is 0 Å². The quantitative estimate of drug-likeness (QED) is 0.799. The van der Waals surface area contributed by atoms with Gasteiger partial charge in [-0.25, -0.2) is 0 Å². The minimum Gasteiger partial charge on any atom is -0.383 e. The molecule has 0 aromatic carbocycles. The average molecular weight is 266 g/mol. The van der Waals surface area contributed by atoms with Crippen LogP contribution in [0.1, 0.15) is 52.9 Å². The molecule has 0 spiro atoms. The van der Waals surface area contributed by atoms with Crippen molar-refractivity contribution in [2.24, 2.45) is 23.7 Å². The monoisotopic (exact) mass is 266 g/mol. The van der Waals surface area contributed by atoms with E-state index in [1.807, 2.05) is 6.92 Å². The van der Waals surface area contributed by atoms with Crippen LogP contribution in [0.2, 0.25) is 0 Å². The smallest absolute Gasteiger partial charge is 0.383 e. The minimum absolute atomic E-state index is 0.0142. The first-order valence-electron chi connectivity index (χ1n) is 7.03. The van der Waals surface area contributed by atoms with E-state index >= 15 is 0 Å². The molecule has 0 amide bonds. The third kappa shape index (κ3) is 3.62. The summed E-state index contributed by atoms with van der Waals surface area (Å²) in [5.74, 6) is 0.122. The Kier molecular flexibility index (Phi) is 5.50. The summed E-state index contributed by atoms with van der Waals surface area (Å²) >= 11 is 0. The SMILES string of the molecule is CCCC1C(C(C)C)CCCC1[C@H](O)C(F)(F)F.